The molecule has 19 heavy (non-hydrogen) atoms. The van der Waals surface area contributed by atoms with Crippen LogP contribution in [-0.4, -0.2) is 0 Å². The van der Waals surface area contributed by atoms with Crippen LogP contribution in [0.2, 0.25) is 0 Å². The molecule has 92 valence electrons. The largest absolute Gasteiger partial charge is 0.314 e. The zero-order valence-electron chi connectivity index (χ0n) is 10.7. The number of para-hydroxylation sites is 2. The molecule has 0 spiro atoms. The van der Waals surface area contributed by atoms with Gasteiger partial charge in [0.15, 0.2) is 0 Å². The van der Waals surface area contributed by atoms with Crippen LogP contribution in [0.1, 0.15) is 6.42 Å². The van der Waals surface area contributed by atoms with Crippen molar-refractivity contribution in [2.45, 2.75) is 6.42 Å². The summed E-state index contributed by atoms with van der Waals surface area (Å²) >= 11 is 0. The third-order valence-corrected chi connectivity index (χ3v) is 3.12. The molecule has 2 aromatic carbocycles. The number of nitrogens with zero attached hydrogens (tertiary/aromatic N) is 1. The first-order chi connectivity index (χ1) is 9.45. The van der Waals surface area contributed by atoms with Gasteiger partial charge in [0.1, 0.15) is 0 Å². The summed E-state index contributed by atoms with van der Waals surface area (Å²) in [5.41, 5.74) is 6.75. The molecule has 0 aromatic heterocycles. The Morgan fingerprint density at radius 2 is 1.37 bits per heavy atom. The number of anilines is 2. The fraction of sp³-hybridized carbons (Fsp3) is 0.0556. The van der Waals surface area contributed by atoms with Crippen LogP contribution in [0, 0.1) is 0 Å². The van der Waals surface area contributed by atoms with Crippen molar-refractivity contribution in [1.29, 1.82) is 0 Å². The molecule has 2 aromatic rings. The summed E-state index contributed by atoms with van der Waals surface area (Å²) < 4.78 is 0. The van der Waals surface area contributed by atoms with E-state index in [2.05, 4.69) is 71.3 Å². The van der Waals surface area contributed by atoms with Gasteiger partial charge >= 0.3 is 0 Å². The van der Waals surface area contributed by atoms with E-state index in [-0.39, 0.29) is 0 Å². The van der Waals surface area contributed by atoms with Gasteiger partial charge in [-0.2, -0.15) is 0 Å². The highest BCUT2D eigenvalue weighted by molar-refractivity contribution is 5.68. The Morgan fingerprint density at radius 3 is 1.84 bits per heavy atom. The predicted octanol–water partition coefficient (Wildman–Crippen LogP) is 4.82. The van der Waals surface area contributed by atoms with E-state index in [1.807, 2.05) is 18.2 Å². The van der Waals surface area contributed by atoms with Crippen LogP contribution in [-0.2, 0) is 0 Å². The minimum absolute atomic E-state index is 0.903. The molecule has 0 amide bonds. The lowest BCUT2D eigenvalue weighted by atomic mass is 10.1. The Balaban J connectivity index is 2.07. The standard InChI is InChI=1S/C18H15N/c1-4-10-16(11-5-1)19(17-12-6-2-7-13-17)18-14-8-3-9-15-18/h1-2,4-14H,15H2. The number of hydrogen-bond acceptors (Lipinski definition) is 1. The van der Waals surface area contributed by atoms with Gasteiger partial charge in [0.05, 0.1) is 0 Å². The molecule has 1 aliphatic rings. The molecule has 0 heterocycles. The normalized spacial score (nSPS) is 13.2. The lowest BCUT2D eigenvalue weighted by Gasteiger charge is -2.27. The molecule has 0 bridgehead atoms. The predicted molar refractivity (Wildman–Crippen MR) is 80.4 cm³/mol. The summed E-state index contributed by atoms with van der Waals surface area (Å²) in [6.07, 6.45) is 7.06. The Labute approximate surface area is 113 Å². The van der Waals surface area contributed by atoms with Gasteiger partial charge in [0, 0.05) is 23.5 Å². The van der Waals surface area contributed by atoms with E-state index in [9.17, 15) is 0 Å². The monoisotopic (exact) mass is 245 g/mol. The molecule has 3 rings (SSSR count). The first-order valence-corrected chi connectivity index (χ1v) is 6.45. The van der Waals surface area contributed by atoms with Crippen LogP contribution in [0.25, 0.3) is 0 Å². The fourth-order valence-corrected chi connectivity index (χ4v) is 2.24. The van der Waals surface area contributed by atoms with Gasteiger partial charge in [-0.3, -0.25) is 0 Å². The van der Waals surface area contributed by atoms with Crippen molar-refractivity contribution in [2.24, 2.45) is 0 Å². The van der Waals surface area contributed by atoms with Crippen LogP contribution in [0.15, 0.2) is 90.3 Å². The first-order valence-electron chi connectivity index (χ1n) is 6.45. The van der Waals surface area contributed by atoms with E-state index in [1.54, 1.807) is 0 Å². The smallest absolute Gasteiger partial charge is 0.0458 e. The maximum Gasteiger partial charge on any atom is 0.0458 e. The number of allylic oxidation sites excluding steroid dienone is 2. The number of hydrogen-bond donors (Lipinski definition) is 0. The second-order valence-electron chi connectivity index (χ2n) is 4.41. The molecule has 0 radical (unpaired) electrons. The fourth-order valence-electron chi connectivity index (χ4n) is 2.24. The Bertz CT molecular complexity index is 592. The minimum atomic E-state index is 0.903. The van der Waals surface area contributed by atoms with Gasteiger partial charge in [0.25, 0.3) is 0 Å². The highest BCUT2D eigenvalue weighted by atomic mass is 15.1. The summed E-state index contributed by atoms with van der Waals surface area (Å²) in [7, 11) is 0. The molecule has 1 nitrogen and oxygen atoms in total. The van der Waals surface area contributed by atoms with Gasteiger partial charge in [-0.05, 0) is 42.5 Å². The van der Waals surface area contributed by atoms with Crippen molar-refractivity contribution in [3.8, 4) is 0 Å². The molecule has 0 aliphatic heterocycles. The van der Waals surface area contributed by atoms with E-state index < -0.39 is 0 Å². The zero-order chi connectivity index (χ0) is 12.9. The van der Waals surface area contributed by atoms with E-state index in [4.69, 9.17) is 0 Å². The third kappa shape index (κ3) is 2.52. The number of benzene rings is 2. The van der Waals surface area contributed by atoms with Gasteiger partial charge in [-0.25, -0.2) is 0 Å². The van der Waals surface area contributed by atoms with E-state index in [1.165, 1.54) is 17.1 Å². The van der Waals surface area contributed by atoms with Gasteiger partial charge in [-0.15, -0.1) is 5.73 Å². The Morgan fingerprint density at radius 1 is 0.789 bits per heavy atom. The van der Waals surface area contributed by atoms with Crippen LogP contribution in [0.5, 0.6) is 0 Å². The molecular weight excluding hydrogens is 230 g/mol. The van der Waals surface area contributed by atoms with Crippen LogP contribution < -0.4 is 4.90 Å². The van der Waals surface area contributed by atoms with Crippen molar-refractivity contribution < 1.29 is 0 Å². The highest BCUT2D eigenvalue weighted by Crippen LogP contribution is 2.31. The minimum Gasteiger partial charge on any atom is -0.314 e. The Kier molecular flexibility index (Phi) is 3.31. The highest BCUT2D eigenvalue weighted by Gasteiger charge is 2.13. The molecule has 1 aliphatic carbocycles. The molecular formula is C18H15N. The lowest BCUT2D eigenvalue weighted by molar-refractivity contribution is 1.07. The van der Waals surface area contributed by atoms with Gasteiger partial charge in [-0.1, -0.05) is 36.4 Å². The van der Waals surface area contributed by atoms with Crippen molar-refractivity contribution in [2.75, 3.05) is 4.90 Å². The summed E-state index contributed by atoms with van der Waals surface area (Å²) in [5, 5.41) is 0. The molecule has 0 N–H and O–H groups in total. The summed E-state index contributed by atoms with van der Waals surface area (Å²) in [4.78, 5) is 2.29. The van der Waals surface area contributed by atoms with E-state index in [0.717, 1.165) is 6.42 Å². The van der Waals surface area contributed by atoms with Gasteiger partial charge < -0.3 is 4.90 Å². The summed E-state index contributed by atoms with van der Waals surface area (Å²) in [5.74, 6) is 0. The van der Waals surface area contributed by atoms with Crippen molar-refractivity contribution in [3.05, 3.63) is 90.3 Å². The first kappa shape index (κ1) is 11.6. The van der Waals surface area contributed by atoms with E-state index >= 15 is 0 Å². The van der Waals surface area contributed by atoms with Crippen LogP contribution in [0.4, 0.5) is 11.4 Å². The van der Waals surface area contributed by atoms with Crippen LogP contribution >= 0.6 is 0 Å². The molecule has 0 fully saturated rings. The number of rotatable bonds is 3. The third-order valence-electron chi connectivity index (χ3n) is 3.12. The molecule has 0 atom stereocenters. The summed E-state index contributed by atoms with van der Waals surface area (Å²) in [6, 6.07) is 20.9. The topological polar surface area (TPSA) is 3.24 Å². The Hall–Kier alpha value is -2.50. The second kappa shape index (κ2) is 5.43. The second-order valence-corrected chi connectivity index (χ2v) is 4.41. The SMILES string of the molecule is C1=CC=C(N(c2ccccc2)c2ccccc2)CC=1. The van der Waals surface area contributed by atoms with Gasteiger partial charge in [0.2, 0.25) is 0 Å². The average molecular weight is 245 g/mol. The van der Waals surface area contributed by atoms with Crippen molar-refractivity contribution in [3.63, 3.8) is 0 Å². The molecule has 0 saturated heterocycles. The lowest BCUT2D eigenvalue weighted by Crippen LogP contribution is -2.16. The summed E-state index contributed by atoms with van der Waals surface area (Å²) in [6.45, 7) is 0. The zero-order valence-corrected chi connectivity index (χ0v) is 10.7. The maximum atomic E-state index is 3.12. The van der Waals surface area contributed by atoms with Crippen molar-refractivity contribution in [1.82, 2.24) is 0 Å². The molecule has 1 heteroatoms. The maximum absolute atomic E-state index is 3.12. The van der Waals surface area contributed by atoms with Crippen molar-refractivity contribution >= 4 is 11.4 Å². The molecule has 0 unspecified atom stereocenters. The van der Waals surface area contributed by atoms with Crippen LogP contribution in [0.3, 0.4) is 0 Å². The average Bonchev–Trinajstić information content (AvgIpc) is 2.51. The quantitative estimate of drug-likeness (QED) is 0.700. The molecule has 0 saturated carbocycles. The van der Waals surface area contributed by atoms with E-state index in [0.29, 0.717) is 0 Å².